The van der Waals surface area contributed by atoms with E-state index in [4.69, 9.17) is 11.6 Å². The second kappa shape index (κ2) is 7.55. The van der Waals surface area contributed by atoms with E-state index in [0.717, 1.165) is 43.4 Å². The monoisotopic (exact) mass is 472 g/mol. The molecule has 4 aromatic rings. The predicted octanol–water partition coefficient (Wildman–Crippen LogP) is 7.54. The van der Waals surface area contributed by atoms with Gasteiger partial charge in [-0.2, -0.15) is 0 Å². The molecule has 4 aromatic carbocycles. The van der Waals surface area contributed by atoms with Gasteiger partial charge in [-0.15, -0.1) is 0 Å². The Morgan fingerprint density at radius 3 is 2.17 bits per heavy atom. The Morgan fingerprint density at radius 1 is 0.667 bits per heavy atom. The third-order valence-electron chi connectivity index (χ3n) is 5.65. The van der Waals surface area contributed by atoms with Crippen molar-refractivity contribution in [2.24, 2.45) is 0 Å². The first-order valence-corrected chi connectivity index (χ1v) is 10.9. The van der Waals surface area contributed by atoms with Crippen LogP contribution in [0.1, 0.15) is 27.8 Å². The van der Waals surface area contributed by atoms with E-state index >= 15 is 0 Å². The van der Waals surface area contributed by atoms with Crippen molar-refractivity contribution in [3.05, 3.63) is 128 Å². The molecular formula is C27H18BrClO. The lowest BCUT2D eigenvalue weighted by Gasteiger charge is -2.33. The van der Waals surface area contributed by atoms with Crippen LogP contribution in [0.2, 0.25) is 5.02 Å². The highest BCUT2D eigenvalue weighted by molar-refractivity contribution is 9.10. The van der Waals surface area contributed by atoms with Gasteiger partial charge in [0.15, 0.2) is 0 Å². The number of hydrogen-bond donors (Lipinski definition) is 1. The number of rotatable bonds is 2. The van der Waals surface area contributed by atoms with E-state index in [1.165, 1.54) is 0 Å². The molecule has 0 saturated heterocycles. The molecule has 1 aliphatic carbocycles. The van der Waals surface area contributed by atoms with Crippen molar-refractivity contribution in [1.29, 1.82) is 0 Å². The molecule has 1 aliphatic rings. The zero-order chi connectivity index (χ0) is 20.7. The Bertz CT molecular complexity index is 1290. The van der Waals surface area contributed by atoms with E-state index in [2.05, 4.69) is 28.1 Å². The van der Waals surface area contributed by atoms with Gasteiger partial charge in [-0.1, -0.05) is 106 Å². The van der Waals surface area contributed by atoms with Gasteiger partial charge in [-0.05, 0) is 52.1 Å². The maximum atomic E-state index is 12.6. The van der Waals surface area contributed by atoms with Crippen LogP contribution in [-0.4, -0.2) is 5.11 Å². The van der Waals surface area contributed by atoms with Gasteiger partial charge in [0.1, 0.15) is 5.60 Å². The zero-order valence-electron chi connectivity index (χ0n) is 16.0. The highest BCUT2D eigenvalue weighted by atomic mass is 79.9. The summed E-state index contributed by atoms with van der Waals surface area (Å²) in [6, 6.07) is 29.8. The van der Waals surface area contributed by atoms with Crippen molar-refractivity contribution >= 4 is 39.7 Å². The lowest BCUT2D eigenvalue weighted by molar-refractivity contribution is 0.126. The fourth-order valence-electron chi connectivity index (χ4n) is 4.28. The molecule has 30 heavy (non-hydrogen) atoms. The highest BCUT2D eigenvalue weighted by Crippen LogP contribution is 2.46. The second-order valence-corrected chi connectivity index (χ2v) is 8.77. The van der Waals surface area contributed by atoms with Gasteiger partial charge >= 0.3 is 0 Å². The molecule has 0 bridgehead atoms. The molecule has 0 amide bonds. The van der Waals surface area contributed by atoms with Gasteiger partial charge in [0, 0.05) is 20.6 Å². The normalized spacial score (nSPS) is 17.2. The predicted molar refractivity (Wildman–Crippen MR) is 129 cm³/mol. The van der Waals surface area contributed by atoms with Crippen LogP contribution in [0.25, 0.3) is 23.3 Å². The lowest BCUT2D eigenvalue weighted by Crippen LogP contribution is -2.31. The van der Waals surface area contributed by atoms with E-state index in [9.17, 15) is 5.11 Å². The molecule has 5 rings (SSSR count). The number of benzene rings is 4. The van der Waals surface area contributed by atoms with Crippen molar-refractivity contribution in [3.8, 4) is 11.1 Å². The maximum Gasteiger partial charge on any atom is 0.142 e. The van der Waals surface area contributed by atoms with E-state index in [1.807, 2.05) is 91.0 Å². The van der Waals surface area contributed by atoms with Crippen LogP contribution in [-0.2, 0) is 5.60 Å². The molecule has 1 atom stereocenters. The van der Waals surface area contributed by atoms with E-state index < -0.39 is 5.60 Å². The van der Waals surface area contributed by atoms with Crippen molar-refractivity contribution in [2.45, 2.75) is 5.60 Å². The van der Waals surface area contributed by atoms with Crippen LogP contribution in [0, 0.1) is 0 Å². The largest absolute Gasteiger partial charge is 0.376 e. The first-order valence-electron chi connectivity index (χ1n) is 9.73. The molecule has 0 spiro atoms. The van der Waals surface area contributed by atoms with Crippen molar-refractivity contribution < 1.29 is 5.11 Å². The molecule has 0 radical (unpaired) electrons. The van der Waals surface area contributed by atoms with Crippen LogP contribution in [0.5, 0.6) is 0 Å². The summed E-state index contributed by atoms with van der Waals surface area (Å²) in [5.41, 5.74) is 5.08. The van der Waals surface area contributed by atoms with Crippen LogP contribution in [0.4, 0.5) is 0 Å². The van der Waals surface area contributed by atoms with Crippen LogP contribution >= 0.6 is 27.5 Å². The third-order valence-corrected chi connectivity index (χ3v) is 6.38. The first kappa shape index (κ1) is 19.3. The van der Waals surface area contributed by atoms with E-state index in [0.29, 0.717) is 5.02 Å². The number of halogens is 2. The molecule has 0 aromatic heterocycles. The first-order chi connectivity index (χ1) is 14.6. The minimum Gasteiger partial charge on any atom is -0.376 e. The maximum absolute atomic E-state index is 12.6. The standard InChI is InChI=1S/C27H18BrClO/c28-21-15-14-19-13-12-18-6-1-3-10-24(18)27(30,26(19)17-21)25-11-4-2-9-23(25)20-7-5-8-22(29)16-20/h1-17,30H. The van der Waals surface area contributed by atoms with Gasteiger partial charge in [-0.3, -0.25) is 0 Å². The third kappa shape index (κ3) is 3.13. The quantitative estimate of drug-likeness (QED) is 0.319. The van der Waals surface area contributed by atoms with Gasteiger partial charge in [-0.25, -0.2) is 0 Å². The van der Waals surface area contributed by atoms with Crippen LogP contribution in [0.15, 0.2) is 95.5 Å². The topological polar surface area (TPSA) is 20.2 Å². The van der Waals surface area contributed by atoms with Gasteiger partial charge in [0.2, 0.25) is 0 Å². The van der Waals surface area contributed by atoms with Gasteiger partial charge in [0.05, 0.1) is 0 Å². The SMILES string of the molecule is OC1(c2ccccc2-c2cccc(Cl)c2)c2ccccc2C=Cc2ccc(Br)cc21. The molecule has 1 unspecified atom stereocenters. The molecule has 0 fully saturated rings. The lowest BCUT2D eigenvalue weighted by atomic mass is 9.75. The Morgan fingerprint density at radius 2 is 1.37 bits per heavy atom. The van der Waals surface area contributed by atoms with Crippen molar-refractivity contribution in [3.63, 3.8) is 0 Å². The number of aliphatic hydroxyl groups is 1. The fraction of sp³-hybridized carbons (Fsp3) is 0.0370. The summed E-state index contributed by atoms with van der Waals surface area (Å²) in [6.07, 6.45) is 4.14. The van der Waals surface area contributed by atoms with Crippen LogP contribution in [0.3, 0.4) is 0 Å². The Kier molecular flexibility index (Phi) is 4.86. The summed E-state index contributed by atoms with van der Waals surface area (Å²) >= 11 is 9.90. The summed E-state index contributed by atoms with van der Waals surface area (Å²) in [5, 5.41) is 13.2. The van der Waals surface area contributed by atoms with Crippen LogP contribution < -0.4 is 0 Å². The Hall–Kier alpha value is -2.65. The van der Waals surface area contributed by atoms with Crippen molar-refractivity contribution in [1.82, 2.24) is 0 Å². The summed E-state index contributed by atoms with van der Waals surface area (Å²) < 4.78 is 0.924. The van der Waals surface area contributed by atoms with Gasteiger partial charge < -0.3 is 5.11 Å². The number of hydrogen-bond acceptors (Lipinski definition) is 1. The minimum absolute atomic E-state index is 0.667. The molecule has 3 heteroatoms. The second-order valence-electron chi connectivity index (χ2n) is 7.42. The van der Waals surface area contributed by atoms with Gasteiger partial charge in [0.25, 0.3) is 0 Å². The minimum atomic E-state index is -1.34. The van der Waals surface area contributed by atoms with Crippen molar-refractivity contribution in [2.75, 3.05) is 0 Å². The molecule has 1 nitrogen and oxygen atoms in total. The Balaban J connectivity index is 1.88. The summed E-state index contributed by atoms with van der Waals surface area (Å²) in [7, 11) is 0. The summed E-state index contributed by atoms with van der Waals surface area (Å²) in [5.74, 6) is 0. The average Bonchev–Trinajstić information content (AvgIpc) is 2.89. The number of fused-ring (bicyclic) bond motifs is 2. The molecular weight excluding hydrogens is 456 g/mol. The molecule has 146 valence electrons. The smallest absolute Gasteiger partial charge is 0.142 e. The summed E-state index contributed by atoms with van der Waals surface area (Å²) in [4.78, 5) is 0. The fourth-order valence-corrected chi connectivity index (χ4v) is 4.83. The molecule has 1 N–H and O–H groups in total. The summed E-state index contributed by atoms with van der Waals surface area (Å²) in [6.45, 7) is 0. The zero-order valence-corrected chi connectivity index (χ0v) is 18.4. The average molecular weight is 474 g/mol. The molecule has 0 saturated carbocycles. The molecule has 0 heterocycles. The Labute approximate surface area is 189 Å². The van der Waals surface area contributed by atoms with E-state index in [-0.39, 0.29) is 0 Å². The molecule has 0 aliphatic heterocycles. The highest BCUT2D eigenvalue weighted by Gasteiger charge is 2.39. The van der Waals surface area contributed by atoms with E-state index in [1.54, 1.807) is 0 Å².